The molecule has 1 heterocycles. The van der Waals surface area contributed by atoms with Crippen LogP contribution < -0.4 is 5.32 Å². The number of hydrogen-bond acceptors (Lipinski definition) is 5. The first-order valence-electron chi connectivity index (χ1n) is 7.07. The molecule has 0 aromatic carbocycles. The summed E-state index contributed by atoms with van der Waals surface area (Å²) < 4.78 is 5.13. The zero-order chi connectivity index (χ0) is 14.6. The van der Waals surface area contributed by atoms with Crippen molar-refractivity contribution in [2.75, 3.05) is 38.7 Å². The molecule has 0 fully saturated rings. The second-order valence-corrected chi connectivity index (χ2v) is 4.61. The van der Waals surface area contributed by atoms with Gasteiger partial charge in [0.1, 0.15) is 5.82 Å². The van der Waals surface area contributed by atoms with Gasteiger partial charge in [-0.25, -0.2) is 4.98 Å². The monoisotopic (exact) mass is 276 g/mol. The summed E-state index contributed by atoms with van der Waals surface area (Å²) in [6, 6.07) is 6.23. The molecule has 0 saturated carbocycles. The van der Waals surface area contributed by atoms with Gasteiger partial charge in [0.2, 0.25) is 0 Å². The minimum absolute atomic E-state index is 0.529. The Balaban J connectivity index is 2.68. The molecular formula is C15H24N4O. The molecule has 1 rings (SSSR count). The Morgan fingerprint density at radius 3 is 3.00 bits per heavy atom. The van der Waals surface area contributed by atoms with Gasteiger partial charge in [0.15, 0.2) is 0 Å². The quantitative estimate of drug-likeness (QED) is 0.710. The van der Waals surface area contributed by atoms with Crippen LogP contribution in [0, 0.1) is 11.3 Å². The van der Waals surface area contributed by atoms with Gasteiger partial charge in [-0.3, -0.25) is 4.90 Å². The highest BCUT2D eigenvalue weighted by Gasteiger charge is 2.09. The average molecular weight is 276 g/mol. The highest BCUT2D eigenvalue weighted by Crippen LogP contribution is 2.14. The van der Waals surface area contributed by atoms with Crippen molar-refractivity contribution in [2.24, 2.45) is 0 Å². The number of rotatable bonds is 10. The normalized spacial score (nSPS) is 10.5. The zero-order valence-electron chi connectivity index (χ0n) is 12.4. The summed E-state index contributed by atoms with van der Waals surface area (Å²) in [4.78, 5) is 6.62. The van der Waals surface area contributed by atoms with E-state index >= 15 is 0 Å². The summed E-state index contributed by atoms with van der Waals surface area (Å²) in [7, 11) is 1.70. The molecule has 5 heteroatoms. The molecule has 1 N–H and O–H groups in total. The van der Waals surface area contributed by atoms with Gasteiger partial charge in [-0.2, -0.15) is 5.26 Å². The number of hydrogen-bond donors (Lipinski definition) is 1. The predicted molar refractivity (Wildman–Crippen MR) is 80.4 cm³/mol. The highest BCUT2D eigenvalue weighted by molar-refractivity contribution is 5.43. The first-order valence-corrected chi connectivity index (χ1v) is 7.07. The average Bonchev–Trinajstić information content (AvgIpc) is 2.49. The maximum absolute atomic E-state index is 8.74. The molecule has 1 aromatic rings. The lowest BCUT2D eigenvalue weighted by molar-refractivity contribution is 0.145. The van der Waals surface area contributed by atoms with Crippen LogP contribution in [0.3, 0.4) is 0 Å². The third-order valence-corrected chi connectivity index (χ3v) is 2.98. The number of nitrogens with zero attached hydrogens (tertiary/aromatic N) is 3. The van der Waals surface area contributed by atoms with E-state index in [4.69, 9.17) is 10.00 Å². The molecule has 0 unspecified atom stereocenters. The Labute approximate surface area is 121 Å². The van der Waals surface area contributed by atoms with Crippen molar-refractivity contribution in [3.05, 3.63) is 23.9 Å². The van der Waals surface area contributed by atoms with E-state index in [-0.39, 0.29) is 0 Å². The topological polar surface area (TPSA) is 61.2 Å². The van der Waals surface area contributed by atoms with Crippen LogP contribution >= 0.6 is 0 Å². The van der Waals surface area contributed by atoms with Gasteiger partial charge >= 0.3 is 0 Å². The number of aromatic nitrogens is 1. The largest absolute Gasteiger partial charge is 0.383 e. The van der Waals surface area contributed by atoms with Gasteiger partial charge < -0.3 is 10.1 Å². The molecule has 0 aliphatic carbocycles. The van der Waals surface area contributed by atoms with Crippen LogP contribution in [-0.4, -0.2) is 43.2 Å². The van der Waals surface area contributed by atoms with Gasteiger partial charge in [0, 0.05) is 51.5 Å². The van der Waals surface area contributed by atoms with E-state index in [1.165, 1.54) is 0 Å². The van der Waals surface area contributed by atoms with Crippen LogP contribution in [0.15, 0.2) is 18.3 Å². The van der Waals surface area contributed by atoms with Crippen molar-refractivity contribution < 1.29 is 4.74 Å². The van der Waals surface area contributed by atoms with Crippen molar-refractivity contribution in [3.63, 3.8) is 0 Å². The minimum atomic E-state index is 0.529. The maximum atomic E-state index is 8.74. The van der Waals surface area contributed by atoms with E-state index in [9.17, 15) is 0 Å². The summed E-state index contributed by atoms with van der Waals surface area (Å²) in [5.41, 5.74) is 1.16. The molecule has 20 heavy (non-hydrogen) atoms. The van der Waals surface area contributed by atoms with E-state index in [0.717, 1.165) is 44.0 Å². The first-order chi connectivity index (χ1) is 9.81. The SMILES string of the molecule is CCCNc1ncccc1CN(CCC#N)CCOC. The summed E-state index contributed by atoms with van der Waals surface area (Å²) in [5, 5.41) is 12.1. The molecule has 110 valence electrons. The molecule has 0 aliphatic rings. The molecule has 1 aromatic heterocycles. The smallest absolute Gasteiger partial charge is 0.130 e. The third-order valence-electron chi connectivity index (χ3n) is 2.98. The fraction of sp³-hybridized carbons (Fsp3) is 0.600. The summed E-state index contributed by atoms with van der Waals surface area (Å²) >= 11 is 0. The van der Waals surface area contributed by atoms with Gasteiger partial charge in [0.25, 0.3) is 0 Å². The first kappa shape index (κ1) is 16.4. The van der Waals surface area contributed by atoms with Crippen LogP contribution in [0.1, 0.15) is 25.3 Å². The van der Waals surface area contributed by atoms with Crippen molar-refractivity contribution in [1.82, 2.24) is 9.88 Å². The van der Waals surface area contributed by atoms with Crippen LogP contribution in [0.25, 0.3) is 0 Å². The number of pyridine rings is 1. The summed E-state index contributed by atoms with van der Waals surface area (Å²) in [6.45, 7) is 6.07. The number of nitriles is 1. The lowest BCUT2D eigenvalue weighted by Crippen LogP contribution is -2.28. The Morgan fingerprint density at radius 2 is 2.30 bits per heavy atom. The van der Waals surface area contributed by atoms with E-state index in [1.54, 1.807) is 13.3 Å². The van der Waals surface area contributed by atoms with Crippen molar-refractivity contribution >= 4 is 5.82 Å². The minimum Gasteiger partial charge on any atom is -0.383 e. The fourth-order valence-electron chi connectivity index (χ4n) is 1.91. The fourth-order valence-corrected chi connectivity index (χ4v) is 1.91. The Morgan fingerprint density at radius 1 is 1.45 bits per heavy atom. The van der Waals surface area contributed by atoms with Crippen LogP contribution in [0.5, 0.6) is 0 Å². The molecule has 5 nitrogen and oxygen atoms in total. The number of anilines is 1. The molecule has 0 atom stereocenters. The third kappa shape index (κ3) is 6.00. The van der Waals surface area contributed by atoms with Crippen molar-refractivity contribution in [3.8, 4) is 6.07 Å². The summed E-state index contributed by atoms with van der Waals surface area (Å²) in [6.07, 6.45) is 3.40. The number of ether oxygens (including phenoxy) is 1. The zero-order valence-corrected chi connectivity index (χ0v) is 12.4. The molecule has 0 radical (unpaired) electrons. The Bertz CT molecular complexity index is 417. The molecular weight excluding hydrogens is 252 g/mol. The predicted octanol–water partition coefficient (Wildman–Crippen LogP) is 2.27. The second kappa shape index (κ2) is 10.2. The van der Waals surface area contributed by atoms with E-state index in [1.807, 2.05) is 6.07 Å². The van der Waals surface area contributed by atoms with Gasteiger partial charge in [0.05, 0.1) is 12.7 Å². The Kier molecular flexibility index (Phi) is 8.36. The van der Waals surface area contributed by atoms with Crippen molar-refractivity contribution in [2.45, 2.75) is 26.3 Å². The lowest BCUT2D eigenvalue weighted by Gasteiger charge is -2.22. The number of methoxy groups -OCH3 is 1. The molecule has 0 aliphatic heterocycles. The van der Waals surface area contributed by atoms with Gasteiger partial charge in [-0.15, -0.1) is 0 Å². The standard InChI is InChI=1S/C15H24N4O/c1-3-8-17-15-14(6-4-9-18-15)13-19(10-5-7-16)11-12-20-2/h4,6,9H,3,5,8,10-13H2,1-2H3,(H,17,18). The molecule has 0 saturated heterocycles. The molecule has 0 spiro atoms. The van der Waals surface area contributed by atoms with Crippen LogP contribution in [0.2, 0.25) is 0 Å². The second-order valence-electron chi connectivity index (χ2n) is 4.61. The molecule has 0 bridgehead atoms. The van der Waals surface area contributed by atoms with E-state index < -0.39 is 0 Å². The lowest BCUT2D eigenvalue weighted by atomic mass is 10.2. The van der Waals surface area contributed by atoms with Crippen LogP contribution in [0.4, 0.5) is 5.82 Å². The van der Waals surface area contributed by atoms with E-state index in [2.05, 4.69) is 34.3 Å². The molecule has 0 amide bonds. The van der Waals surface area contributed by atoms with Gasteiger partial charge in [-0.05, 0) is 12.5 Å². The Hall–Kier alpha value is -1.64. The highest BCUT2D eigenvalue weighted by atomic mass is 16.5. The number of nitrogens with one attached hydrogen (secondary N) is 1. The van der Waals surface area contributed by atoms with E-state index in [0.29, 0.717) is 13.0 Å². The van der Waals surface area contributed by atoms with Crippen LogP contribution in [-0.2, 0) is 11.3 Å². The van der Waals surface area contributed by atoms with Gasteiger partial charge in [-0.1, -0.05) is 13.0 Å². The van der Waals surface area contributed by atoms with Crippen molar-refractivity contribution in [1.29, 1.82) is 5.26 Å². The maximum Gasteiger partial charge on any atom is 0.130 e. The summed E-state index contributed by atoms with van der Waals surface area (Å²) in [5.74, 6) is 0.939.